The van der Waals surface area contributed by atoms with E-state index in [0.29, 0.717) is 31.1 Å². The van der Waals surface area contributed by atoms with Gasteiger partial charge in [-0.1, -0.05) is 0 Å². The zero-order valence-corrected chi connectivity index (χ0v) is 11.9. The van der Waals surface area contributed by atoms with Crippen molar-refractivity contribution in [2.24, 2.45) is 0 Å². The lowest BCUT2D eigenvalue weighted by Crippen LogP contribution is -2.48. The molecular weight excluding hydrogens is 273 g/mol. The van der Waals surface area contributed by atoms with Crippen LogP contribution < -0.4 is 15.5 Å². The van der Waals surface area contributed by atoms with E-state index in [1.165, 1.54) is 6.07 Å². The van der Waals surface area contributed by atoms with Crippen LogP contribution >= 0.6 is 0 Å². The second-order valence-corrected chi connectivity index (χ2v) is 5.43. The molecule has 0 bridgehead atoms. The number of anilines is 2. The Morgan fingerprint density at radius 3 is 2.86 bits per heavy atom. The first-order valence-corrected chi connectivity index (χ1v) is 7.40. The van der Waals surface area contributed by atoms with E-state index in [1.54, 1.807) is 12.1 Å². The molecule has 0 saturated carbocycles. The summed E-state index contributed by atoms with van der Waals surface area (Å²) < 4.78 is 19.4. The molecule has 6 heteroatoms. The third-order valence-electron chi connectivity index (χ3n) is 3.90. The second-order valence-electron chi connectivity index (χ2n) is 5.43. The summed E-state index contributed by atoms with van der Waals surface area (Å²) in [5.74, 6) is -0.481. The molecule has 2 fully saturated rings. The molecule has 1 aromatic rings. The van der Waals surface area contributed by atoms with E-state index in [9.17, 15) is 9.18 Å². The fraction of sp³-hybridized carbons (Fsp3) is 0.533. The summed E-state index contributed by atoms with van der Waals surface area (Å²) in [5, 5.41) is 5.80. The van der Waals surface area contributed by atoms with Crippen LogP contribution in [-0.4, -0.2) is 44.8 Å². The number of carbonyl (C=O) groups is 1. The fourth-order valence-electron chi connectivity index (χ4n) is 2.76. The van der Waals surface area contributed by atoms with Gasteiger partial charge in [-0.25, -0.2) is 4.39 Å². The van der Waals surface area contributed by atoms with Crippen molar-refractivity contribution in [3.05, 3.63) is 24.0 Å². The average Bonchev–Trinajstić information content (AvgIpc) is 3.02. The maximum atomic E-state index is 14.2. The summed E-state index contributed by atoms with van der Waals surface area (Å²) in [7, 11) is 0. The molecule has 1 atom stereocenters. The van der Waals surface area contributed by atoms with Crippen LogP contribution in [0.2, 0.25) is 0 Å². The topological polar surface area (TPSA) is 53.6 Å². The molecule has 2 heterocycles. The average molecular weight is 293 g/mol. The molecule has 0 radical (unpaired) electrons. The Kier molecular flexibility index (Phi) is 4.36. The van der Waals surface area contributed by atoms with Crippen molar-refractivity contribution in [1.82, 2.24) is 5.32 Å². The molecule has 1 aromatic carbocycles. The van der Waals surface area contributed by atoms with Crippen LogP contribution in [0, 0.1) is 5.82 Å². The van der Waals surface area contributed by atoms with Gasteiger partial charge in [0.2, 0.25) is 5.91 Å². The lowest BCUT2D eigenvalue weighted by molar-refractivity contribution is -0.120. The zero-order chi connectivity index (χ0) is 14.7. The number of halogens is 1. The highest BCUT2D eigenvalue weighted by atomic mass is 19.1. The highest BCUT2D eigenvalue weighted by Gasteiger charge is 2.22. The molecule has 1 amide bonds. The van der Waals surface area contributed by atoms with Gasteiger partial charge >= 0.3 is 0 Å². The van der Waals surface area contributed by atoms with Crippen LogP contribution in [0.25, 0.3) is 0 Å². The Morgan fingerprint density at radius 1 is 1.38 bits per heavy atom. The Labute approximate surface area is 123 Å². The van der Waals surface area contributed by atoms with Gasteiger partial charge in [0.05, 0.1) is 18.9 Å². The van der Waals surface area contributed by atoms with E-state index in [4.69, 9.17) is 4.74 Å². The summed E-state index contributed by atoms with van der Waals surface area (Å²) >= 11 is 0. The Hall–Kier alpha value is -1.66. The lowest BCUT2D eigenvalue weighted by atomic mass is 10.2. The molecule has 1 unspecified atom stereocenters. The number of ether oxygens (including phenoxy) is 1. The molecule has 2 saturated heterocycles. The minimum atomic E-state index is -0.375. The van der Waals surface area contributed by atoms with Crippen molar-refractivity contribution in [3.8, 4) is 0 Å². The van der Waals surface area contributed by atoms with Crippen LogP contribution in [0.1, 0.15) is 12.8 Å². The molecular formula is C15H20FN3O2. The molecule has 2 aliphatic heterocycles. The molecule has 3 rings (SSSR count). The van der Waals surface area contributed by atoms with Gasteiger partial charge in [0.15, 0.2) is 0 Å². The highest BCUT2D eigenvalue weighted by molar-refractivity contribution is 5.95. The van der Waals surface area contributed by atoms with E-state index < -0.39 is 0 Å². The minimum Gasteiger partial charge on any atom is -0.378 e. The number of rotatable bonds is 3. The third kappa shape index (κ3) is 3.33. The van der Waals surface area contributed by atoms with Gasteiger partial charge < -0.3 is 20.3 Å². The summed E-state index contributed by atoms with van der Waals surface area (Å²) in [6.45, 7) is 3.40. The van der Waals surface area contributed by atoms with E-state index in [0.717, 1.165) is 25.9 Å². The summed E-state index contributed by atoms with van der Waals surface area (Å²) in [6.07, 6.45) is 2.20. The first-order valence-electron chi connectivity index (χ1n) is 7.40. The van der Waals surface area contributed by atoms with Crippen molar-refractivity contribution >= 4 is 17.3 Å². The molecule has 114 valence electrons. The van der Waals surface area contributed by atoms with Crippen molar-refractivity contribution in [2.75, 3.05) is 43.1 Å². The second kappa shape index (κ2) is 6.41. The molecule has 2 N–H and O–H groups in total. The van der Waals surface area contributed by atoms with Crippen LogP contribution in [0.15, 0.2) is 18.2 Å². The third-order valence-corrected chi connectivity index (χ3v) is 3.90. The Morgan fingerprint density at radius 2 is 2.19 bits per heavy atom. The zero-order valence-electron chi connectivity index (χ0n) is 11.9. The van der Waals surface area contributed by atoms with E-state index in [-0.39, 0.29) is 17.8 Å². The summed E-state index contributed by atoms with van der Waals surface area (Å²) in [6, 6.07) is 4.49. The summed E-state index contributed by atoms with van der Waals surface area (Å²) in [5.41, 5.74) is 1.09. The molecule has 21 heavy (non-hydrogen) atoms. The van der Waals surface area contributed by atoms with Crippen LogP contribution in [0.5, 0.6) is 0 Å². The first-order chi connectivity index (χ1) is 10.2. The maximum absolute atomic E-state index is 14.2. The number of carbonyl (C=O) groups excluding carboxylic acids is 1. The molecule has 2 aliphatic rings. The van der Waals surface area contributed by atoms with Crippen LogP contribution in [-0.2, 0) is 9.53 Å². The maximum Gasteiger partial charge on any atom is 0.243 e. The van der Waals surface area contributed by atoms with Gasteiger partial charge in [0.1, 0.15) is 11.9 Å². The minimum absolute atomic E-state index is 0.192. The predicted molar refractivity (Wildman–Crippen MR) is 79.1 cm³/mol. The Balaban J connectivity index is 1.65. The van der Waals surface area contributed by atoms with Crippen molar-refractivity contribution in [1.29, 1.82) is 0 Å². The smallest absolute Gasteiger partial charge is 0.243 e. The van der Waals surface area contributed by atoms with Crippen molar-refractivity contribution in [2.45, 2.75) is 18.9 Å². The number of hydrogen-bond acceptors (Lipinski definition) is 4. The number of morpholine rings is 1. The van der Waals surface area contributed by atoms with E-state index in [1.807, 2.05) is 4.90 Å². The number of hydrogen-bond donors (Lipinski definition) is 2. The number of benzene rings is 1. The van der Waals surface area contributed by atoms with Gasteiger partial charge in [0.25, 0.3) is 0 Å². The van der Waals surface area contributed by atoms with Gasteiger partial charge in [-0.05, 0) is 31.0 Å². The van der Waals surface area contributed by atoms with E-state index in [2.05, 4.69) is 10.6 Å². The molecule has 0 aromatic heterocycles. The predicted octanol–water partition coefficient (Wildman–Crippen LogP) is 1.35. The van der Waals surface area contributed by atoms with Gasteiger partial charge in [-0.15, -0.1) is 0 Å². The number of amides is 1. The van der Waals surface area contributed by atoms with Crippen molar-refractivity contribution < 1.29 is 13.9 Å². The quantitative estimate of drug-likeness (QED) is 0.883. The SMILES string of the molecule is O=C(Nc1ccc(N2CCCC2)c(F)c1)C1COCCN1. The molecule has 5 nitrogen and oxygen atoms in total. The highest BCUT2D eigenvalue weighted by Crippen LogP contribution is 2.26. The van der Waals surface area contributed by atoms with Gasteiger partial charge in [-0.3, -0.25) is 4.79 Å². The normalized spacial score (nSPS) is 22.3. The standard InChI is InChI=1S/C15H20FN3O2/c16-12-9-11(3-4-14(12)19-6-1-2-7-19)18-15(20)13-10-21-8-5-17-13/h3-4,9,13,17H,1-2,5-8,10H2,(H,18,20). The Bertz CT molecular complexity index is 512. The summed E-state index contributed by atoms with van der Waals surface area (Å²) in [4.78, 5) is 14.1. The monoisotopic (exact) mass is 293 g/mol. The molecule has 0 aliphatic carbocycles. The fourth-order valence-corrected chi connectivity index (χ4v) is 2.76. The lowest BCUT2D eigenvalue weighted by Gasteiger charge is -2.23. The molecule has 0 spiro atoms. The number of nitrogens with zero attached hydrogens (tertiary/aromatic N) is 1. The first kappa shape index (κ1) is 14.3. The van der Waals surface area contributed by atoms with Gasteiger partial charge in [-0.2, -0.15) is 0 Å². The van der Waals surface area contributed by atoms with E-state index >= 15 is 0 Å². The van der Waals surface area contributed by atoms with Crippen LogP contribution in [0.3, 0.4) is 0 Å². The van der Waals surface area contributed by atoms with Crippen LogP contribution in [0.4, 0.5) is 15.8 Å². The van der Waals surface area contributed by atoms with Crippen molar-refractivity contribution in [3.63, 3.8) is 0 Å². The van der Waals surface area contributed by atoms with Gasteiger partial charge in [0, 0.05) is 25.3 Å². The number of nitrogens with one attached hydrogen (secondary N) is 2. The largest absolute Gasteiger partial charge is 0.378 e.